The Bertz CT molecular complexity index is 1520. The van der Waals surface area contributed by atoms with E-state index in [0.29, 0.717) is 54.6 Å². The molecule has 3 aromatic rings. The van der Waals surface area contributed by atoms with Crippen molar-refractivity contribution in [3.05, 3.63) is 68.3 Å². The van der Waals surface area contributed by atoms with Crippen molar-refractivity contribution in [3.63, 3.8) is 0 Å². The van der Waals surface area contributed by atoms with Crippen molar-refractivity contribution in [3.8, 4) is 0 Å². The van der Waals surface area contributed by atoms with Gasteiger partial charge in [-0.3, -0.25) is 0 Å². The summed E-state index contributed by atoms with van der Waals surface area (Å²) in [5, 5.41) is 0. The van der Waals surface area contributed by atoms with Crippen LogP contribution in [0.15, 0.2) is 0 Å². The second-order valence-electron chi connectivity index (χ2n) is 16.2. The molecule has 3 unspecified atom stereocenters. The van der Waals surface area contributed by atoms with Gasteiger partial charge in [0.2, 0.25) is 0 Å². The Balaban J connectivity index is 0.000000205. The van der Waals surface area contributed by atoms with E-state index < -0.39 is 0 Å². The molecule has 0 radical (unpaired) electrons. The highest BCUT2D eigenvalue weighted by Crippen LogP contribution is 2.37. The first kappa shape index (κ1) is 42.5. The van der Waals surface area contributed by atoms with Gasteiger partial charge in [0.1, 0.15) is 29.7 Å². The van der Waals surface area contributed by atoms with Gasteiger partial charge >= 0.3 is 0 Å². The molecule has 9 heteroatoms. The van der Waals surface area contributed by atoms with Crippen LogP contribution in [0, 0.1) is 38.5 Å². The van der Waals surface area contributed by atoms with Gasteiger partial charge in [0.05, 0.1) is 43.5 Å². The minimum Gasteiger partial charge on any atom is -0.376 e. The molecule has 0 saturated carbocycles. The summed E-state index contributed by atoms with van der Waals surface area (Å²) in [7, 11) is 0. The van der Waals surface area contributed by atoms with E-state index in [2.05, 4.69) is 124 Å². The molecule has 0 saturated heterocycles. The van der Waals surface area contributed by atoms with Crippen molar-refractivity contribution in [1.82, 2.24) is 29.9 Å². The molecule has 0 amide bonds. The number of aromatic nitrogens is 6. The molecule has 3 atom stereocenters. The highest BCUT2D eigenvalue weighted by molar-refractivity contribution is 5.32. The summed E-state index contributed by atoms with van der Waals surface area (Å²) < 4.78 is 17.3. The van der Waals surface area contributed by atoms with Crippen LogP contribution in [0.3, 0.4) is 0 Å². The van der Waals surface area contributed by atoms with Crippen LogP contribution in [-0.2, 0) is 33.8 Å². The highest BCUT2D eigenvalue weighted by Gasteiger charge is 2.31. The van der Waals surface area contributed by atoms with Gasteiger partial charge < -0.3 is 14.2 Å². The Morgan fingerprint density at radius 1 is 0.490 bits per heavy atom. The van der Waals surface area contributed by atoms with Crippen molar-refractivity contribution in [2.45, 2.75) is 167 Å². The van der Waals surface area contributed by atoms with E-state index in [9.17, 15) is 0 Å². The third-order valence-electron chi connectivity index (χ3n) is 9.85. The van der Waals surface area contributed by atoms with Crippen LogP contribution in [0.1, 0.15) is 195 Å². The summed E-state index contributed by atoms with van der Waals surface area (Å²) in [6.07, 6.45) is 1.23. The van der Waals surface area contributed by atoms with Crippen molar-refractivity contribution in [1.29, 1.82) is 0 Å². The van der Waals surface area contributed by atoms with Gasteiger partial charge in [0, 0.05) is 51.9 Å². The predicted octanol–water partition coefficient (Wildman–Crippen LogP) is 10.1. The third kappa shape index (κ3) is 9.96. The summed E-state index contributed by atoms with van der Waals surface area (Å²) >= 11 is 0. The molecular weight excluding hydrogens is 637 g/mol. The number of aryl methyl sites for hydroxylation is 3. The van der Waals surface area contributed by atoms with Crippen LogP contribution < -0.4 is 0 Å². The molecule has 9 nitrogen and oxygen atoms in total. The maximum Gasteiger partial charge on any atom is 0.131 e. The fourth-order valence-electron chi connectivity index (χ4n) is 6.65. The lowest BCUT2D eigenvalue weighted by Crippen LogP contribution is -2.25. The van der Waals surface area contributed by atoms with E-state index >= 15 is 0 Å². The number of fused-ring (bicyclic) bond motifs is 3. The van der Waals surface area contributed by atoms with Gasteiger partial charge in [0.25, 0.3) is 0 Å². The number of nitrogens with zero attached hydrogens (tertiary/aromatic N) is 6. The number of hydrogen-bond donors (Lipinski definition) is 0. The molecular formula is C42H68N6O3. The maximum absolute atomic E-state index is 5.87. The number of rotatable bonds is 6. The van der Waals surface area contributed by atoms with Crippen LogP contribution in [0.25, 0.3) is 0 Å². The zero-order chi connectivity index (χ0) is 37.0. The van der Waals surface area contributed by atoms with E-state index in [-0.39, 0.29) is 19.6 Å². The fraction of sp³-hybridized carbons (Fsp3) is 0.714. The molecule has 284 valence electrons. The summed E-state index contributed by atoms with van der Waals surface area (Å²) in [6.45, 7) is 35.1. The minimum atomic E-state index is 0. The molecule has 0 aromatic carbocycles. The molecule has 0 spiro atoms. The Hall–Kier alpha value is -2.88. The van der Waals surface area contributed by atoms with Crippen LogP contribution in [0.4, 0.5) is 0 Å². The lowest BCUT2D eigenvalue weighted by molar-refractivity contribution is 0.00736. The fourth-order valence-corrected chi connectivity index (χ4v) is 6.65. The minimum absolute atomic E-state index is 0. The molecule has 3 aliphatic rings. The van der Waals surface area contributed by atoms with E-state index in [1.165, 1.54) is 22.4 Å². The van der Waals surface area contributed by atoms with Gasteiger partial charge in [-0.1, -0.05) is 90.5 Å². The van der Waals surface area contributed by atoms with Crippen LogP contribution in [-0.4, -0.2) is 43.1 Å². The molecule has 3 aliphatic heterocycles. The van der Waals surface area contributed by atoms with E-state index in [4.69, 9.17) is 24.2 Å². The third-order valence-corrected chi connectivity index (χ3v) is 9.85. The number of ether oxygens (including phenoxy) is 3. The van der Waals surface area contributed by atoms with E-state index in [1.807, 2.05) is 0 Å². The molecule has 6 heterocycles. The van der Waals surface area contributed by atoms with Gasteiger partial charge in [-0.05, 0) is 50.5 Å². The zero-order valence-corrected chi connectivity index (χ0v) is 33.6. The van der Waals surface area contributed by atoms with Crippen LogP contribution in [0.5, 0.6) is 0 Å². The largest absolute Gasteiger partial charge is 0.376 e. The molecule has 0 N–H and O–H groups in total. The van der Waals surface area contributed by atoms with E-state index in [1.54, 1.807) is 0 Å². The summed E-state index contributed by atoms with van der Waals surface area (Å²) in [5.41, 5.74) is 10.5. The summed E-state index contributed by atoms with van der Waals surface area (Å²) in [6, 6.07) is 0. The first-order valence-corrected chi connectivity index (χ1v) is 18.9. The SMILES string of the molecule is C.Cc1nc(C(C)C)nc2c1CCOC2C(C)C.Cc1nc(C(C)C)nc2c1COC2C(C)C.Cc1nc(C(C)C)nc2c1COCC2C(C)C. The second kappa shape index (κ2) is 18.2. The van der Waals surface area contributed by atoms with Crippen molar-refractivity contribution >= 4 is 0 Å². The molecule has 51 heavy (non-hydrogen) atoms. The Labute approximate surface area is 309 Å². The normalized spacial score (nSPS) is 19.4. The lowest BCUT2D eigenvalue weighted by atomic mass is 9.88. The Kier molecular flexibility index (Phi) is 15.2. The average molecular weight is 705 g/mol. The topological polar surface area (TPSA) is 105 Å². The van der Waals surface area contributed by atoms with Gasteiger partial charge in [0.15, 0.2) is 0 Å². The van der Waals surface area contributed by atoms with E-state index in [0.717, 1.165) is 65.6 Å². The van der Waals surface area contributed by atoms with Crippen molar-refractivity contribution in [2.75, 3.05) is 13.2 Å². The molecule has 0 bridgehead atoms. The van der Waals surface area contributed by atoms with Gasteiger partial charge in [-0.15, -0.1) is 0 Å². The first-order valence-electron chi connectivity index (χ1n) is 18.9. The molecule has 0 aliphatic carbocycles. The zero-order valence-electron chi connectivity index (χ0n) is 33.6. The van der Waals surface area contributed by atoms with Crippen LogP contribution in [0.2, 0.25) is 0 Å². The molecule has 3 aromatic heterocycles. The molecule has 6 rings (SSSR count). The lowest BCUT2D eigenvalue weighted by Gasteiger charge is -2.29. The average Bonchev–Trinajstić information content (AvgIpc) is 3.50. The van der Waals surface area contributed by atoms with Crippen molar-refractivity contribution < 1.29 is 14.2 Å². The van der Waals surface area contributed by atoms with Crippen LogP contribution >= 0.6 is 0 Å². The quantitative estimate of drug-likeness (QED) is 0.248. The summed E-state index contributed by atoms with van der Waals surface area (Å²) in [4.78, 5) is 28.0. The molecule has 0 fully saturated rings. The second-order valence-corrected chi connectivity index (χ2v) is 16.2. The standard InChI is InChI=1S/2C14H22N2O.C13H20N2O.CH4/c1-8(2)11-6-17-7-12-10(5)15-14(9(3)4)16-13(11)12;1-8(2)13-12-11(6-7-17-13)10(5)15-14(16-12)9(3)4;1-7(2)12-11-10(6-16-12)9(5)14-13(15-11)8(3)4;/h8-9,11H,6-7H2,1-5H3;8-9,13H,6-7H2,1-5H3;7-8,12H,6H2,1-5H3;1H4. The van der Waals surface area contributed by atoms with Crippen molar-refractivity contribution in [2.24, 2.45) is 17.8 Å². The summed E-state index contributed by atoms with van der Waals surface area (Å²) in [5.74, 6) is 5.87. The number of hydrogen-bond acceptors (Lipinski definition) is 9. The smallest absolute Gasteiger partial charge is 0.131 e. The van der Waals surface area contributed by atoms with Gasteiger partial charge in [-0.25, -0.2) is 29.9 Å². The first-order chi connectivity index (χ1) is 23.5. The van der Waals surface area contributed by atoms with Gasteiger partial charge in [-0.2, -0.15) is 0 Å². The monoisotopic (exact) mass is 705 g/mol. The Morgan fingerprint density at radius 3 is 1.35 bits per heavy atom. The maximum atomic E-state index is 5.87. The predicted molar refractivity (Wildman–Crippen MR) is 206 cm³/mol. The Morgan fingerprint density at radius 2 is 0.902 bits per heavy atom. The highest BCUT2D eigenvalue weighted by atomic mass is 16.5.